The smallest absolute Gasteiger partial charge is 0.131 e. The molecule has 0 amide bonds. The van der Waals surface area contributed by atoms with Crippen LogP contribution in [0.5, 0.6) is 0 Å². The van der Waals surface area contributed by atoms with E-state index < -0.39 is 0 Å². The van der Waals surface area contributed by atoms with Gasteiger partial charge in [-0.05, 0) is 25.0 Å². The summed E-state index contributed by atoms with van der Waals surface area (Å²) >= 11 is 3.53. The maximum atomic E-state index is 6.09. The van der Waals surface area contributed by atoms with Crippen LogP contribution in [-0.2, 0) is 6.54 Å². The number of imidazole rings is 1. The summed E-state index contributed by atoms with van der Waals surface area (Å²) < 4.78 is 3.07. The molecule has 4 heteroatoms. The molecule has 0 saturated heterocycles. The molecule has 2 rings (SSSR count). The van der Waals surface area contributed by atoms with Gasteiger partial charge >= 0.3 is 0 Å². The summed E-state index contributed by atoms with van der Waals surface area (Å²) in [6.45, 7) is 5.10. The number of benzene rings is 1. The van der Waals surface area contributed by atoms with Gasteiger partial charge in [0.2, 0.25) is 0 Å². The van der Waals surface area contributed by atoms with Crippen molar-refractivity contribution in [2.75, 3.05) is 5.73 Å². The number of hydrogen-bond acceptors (Lipinski definition) is 2. The second-order valence-corrected chi connectivity index (χ2v) is 4.99. The fourth-order valence-electron chi connectivity index (χ4n) is 1.77. The molecule has 17 heavy (non-hydrogen) atoms. The molecule has 0 fully saturated rings. The van der Waals surface area contributed by atoms with Crippen LogP contribution in [0.25, 0.3) is 11.3 Å². The lowest BCUT2D eigenvalue weighted by atomic mass is 10.1. The van der Waals surface area contributed by atoms with Crippen molar-refractivity contribution in [2.24, 2.45) is 0 Å². The first kappa shape index (κ1) is 12.2. The van der Waals surface area contributed by atoms with Gasteiger partial charge in [0.25, 0.3) is 0 Å². The van der Waals surface area contributed by atoms with Crippen LogP contribution in [0.4, 0.5) is 5.82 Å². The Hall–Kier alpha value is -1.29. The predicted octanol–water partition coefficient (Wildman–Crippen LogP) is 3.61. The number of anilines is 1. The van der Waals surface area contributed by atoms with Crippen LogP contribution in [0.15, 0.2) is 29.0 Å². The highest BCUT2D eigenvalue weighted by atomic mass is 79.9. The first-order valence-electron chi connectivity index (χ1n) is 5.70. The van der Waals surface area contributed by atoms with Gasteiger partial charge in [0.15, 0.2) is 0 Å². The number of aromatic nitrogens is 2. The van der Waals surface area contributed by atoms with Crippen molar-refractivity contribution in [3.63, 3.8) is 0 Å². The number of nitrogens with two attached hydrogens (primary N) is 1. The molecule has 0 aliphatic rings. The molecule has 0 aliphatic carbocycles. The second-order valence-electron chi connectivity index (χ2n) is 4.14. The third kappa shape index (κ3) is 2.36. The third-order valence-electron chi connectivity index (χ3n) is 2.79. The Balaban J connectivity index is 2.42. The van der Waals surface area contributed by atoms with E-state index in [9.17, 15) is 0 Å². The van der Waals surface area contributed by atoms with Crippen LogP contribution < -0.4 is 5.73 Å². The molecule has 90 valence electrons. The SMILES string of the molecule is CCCn1cnc(-c2ccc(C)c(Br)c2)c1N. The van der Waals surface area contributed by atoms with Crippen LogP contribution in [-0.4, -0.2) is 9.55 Å². The molecule has 0 atom stereocenters. The molecule has 1 heterocycles. The number of halogens is 1. The van der Waals surface area contributed by atoms with Crippen molar-refractivity contribution in [1.82, 2.24) is 9.55 Å². The standard InChI is InChI=1S/C13H16BrN3/c1-3-6-17-8-16-12(13(17)15)10-5-4-9(2)11(14)7-10/h4-5,7-8H,3,6,15H2,1-2H3. The molecule has 0 unspecified atom stereocenters. The molecule has 0 spiro atoms. The first-order valence-corrected chi connectivity index (χ1v) is 6.50. The number of nitrogen functional groups attached to an aromatic ring is 1. The Morgan fingerprint density at radius 3 is 2.82 bits per heavy atom. The van der Waals surface area contributed by atoms with Crippen LogP contribution in [0.1, 0.15) is 18.9 Å². The van der Waals surface area contributed by atoms with Crippen molar-refractivity contribution in [2.45, 2.75) is 26.8 Å². The average molecular weight is 294 g/mol. The van der Waals surface area contributed by atoms with E-state index in [4.69, 9.17) is 5.73 Å². The molecule has 1 aromatic heterocycles. The summed E-state index contributed by atoms with van der Waals surface area (Å²) in [5, 5.41) is 0. The van der Waals surface area contributed by atoms with Gasteiger partial charge in [-0.3, -0.25) is 0 Å². The van der Waals surface area contributed by atoms with Gasteiger partial charge in [0, 0.05) is 16.6 Å². The van der Waals surface area contributed by atoms with Crippen molar-refractivity contribution in [3.05, 3.63) is 34.6 Å². The van der Waals surface area contributed by atoms with Gasteiger partial charge in [0.1, 0.15) is 11.5 Å². The summed E-state index contributed by atoms with van der Waals surface area (Å²) in [6, 6.07) is 6.18. The average Bonchev–Trinajstić information content (AvgIpc) is 2.66. The van der Waals surface area contributed by atoms with E-state index in [-0.39, 0.29) is 0 Å². The summed E-state index contributed by atoms with van der Waals surface area (Å²) in [6.07, 6.45) is 2.86. The molecule has 0 saturated carbocycles. The van der Waals surface area contributed by atoms with Crippen LogP contribution in [0, 0.1) is 6.92 Å². The number of aryl methyl sites for hydroxylation is 2. The fourth-order valence-corrected chi connectivity index (χ4v) is 2.15. The predicted molar refractivity (Wildman–Crippen MR) is 74.8 cm³/mol. The van der Waals surface area contributed by atoms with Crippen molar-refractivity contribution in [1.29, 1.82) is 0 Å². The quantitative estimate of drug-likeness (QED) is 0.939. The number of rotatable bonds is 3. The highest BCUT2D eigenvalue weighted by molar-refractivity contribution is 9.10. The largest absolute Gasteiger partial charge is 0.383 e. The van der Waals surface area contributed by atoms with Gasteiger partial charge in [-0.1, -0.05) is 35.0 Å². The topological polar surface area (TPSA) is 43.8 Å². The molecule has 1 aromatic carbocycles. The Morgan fingerprint density at radius 2 is 2.18 bits per heavy atom. The Morgan fingerprint density at radius 1 is 1.41 bits per heavy atom. The molecule has 0 bridgehead atoms. The number of nitrogens with zero attached hydrogens (tertiary/aromatic N) is 2. The minimum Gasteiger partial charge on any atom is -0.383 e. The van der Waals surface area contributed by atoms with Crippen LogP contribution >= 0.6 is 15.9 Å². The van der Waals surface area contributed by atoms with E-state index in [0.717, 1.165) is 34.5 Å². The van der Waals surface area contributed by atoms with Crippen LogP contribution in [0.2, 0.25) is 0 Å². The minimum atomic E-state index is 0.739. The van der Waals surface area contributed by atoms with Gasteiger partial charge < -0.3 is 10.3 Å². The summed E-state index contributed by atoms with van der Waals surface area (Å²) in [5.74, 6) is 0.739. The van der Waals surface area contributed by atoms with Crippen molar-refractivity contribution in [3.8, 4) is 11.3 Å². The summed E-state index contributed by atoms with van der Waals surface area (Å²) in [7, 11) is 0. The van der Waals surface area contributed by atoms with E-state index in [0.29, 0.717) is 0 Å². The maximum Gasteiger partial charge on any atom is 0.131 e. The minimum absolute atomic E-state index is 0.739. The Labute approximate surface area is 110 Å². The molecule has 2 N–H and O–H groups in total. The number of hydrogen-bond donors (Lipinski definition) is 1. The second kappa shape index (κ2) is 4.92. The normalized spacial score (nSPS) is 10.8. The highest BCUT2D eigenvalue weighted by Crippen LogP contribution is 2.28. The van der Waals surface area contributed by atoms with Gasteiger partial charge in [0.05, 0.1) is 6.33 Å². The van der Waals surface area contributed by atoms with Crippen LogP contribution in [0.3, 0.4) is 0 Å². The van der Waals surface area contributed by atoms with Gasteiger partial charge in [-0.15, -0.1) is 0 Å². The molecule has 0 radical (unpaired) electrons. The van der Waals surface area contributed by atoms with Gasteiger partial charge in [-0.2, -0.15) is 0 Å². The zero-order chi connectivity index (χ0) is 12.4. The summed E-state index contributed by atoms with van der Waals surface area (Å²) in [5.41, 5.74) is 9.21. The lowest BCUT2D eigenvalue weighted by molar-refractivity contribution is 0.686. The van der Waals surface area contributed by atoms with E-state index in [1.807, 2.05) is 10.9 Å². The highest BCUT2D eigenvalue weighted by Gasteiger charge is 2.10. The monoisotopic (exact) mass is 293 g/mol. The molecule has 0 aliphatic heterocycles. The Bertz CT molecular complexity index is 531. The molecular formula is C13H16BrN3. The van der Waals surface area contributed by atoms with Gasteiger partial charge in [-0.25, -0.2) is 4.98 Å². The van der Waals surface area contributed by atoms with E-state index in [1.54, 1.807) is 0 Å². The van der Waals surface area contributed by atoms with E-state index in [1.165, 1.54) is 5.56 Å². The zero-order valence-corrected chi connectivity index (χ0v) is 11.7. The maximum absolute atomic E-state index is 6.09. The first-order chi connectivity index (χ1) is 8.13. The lowest BCUT2D eigenvalue weighted by Crippen LogP contribution is -2.01. The van der Waals surface area contributed by atoms with Crippen molar-refractivity contribution < 1.29 is 0 Å². The molecular weight excluding hydrogens is 278 g/mol. The summed E-state index contributed by atoms with van der Waals surface area (Å²) in [4.78, 5) is 4.39. The fraction of sp³-hybridized carbons (Fsp3) is 0.308. The zero-order valence-electron chi connectivity index (χ0n) is 10.1. The molecule has 3 nitrogen and oxygen atoms in total. The Kier molecular flexibility index (Phi) is 3.52. The third-order valence-corrected chi connectivity index (χ3v) is 3.64. The lowest BCUT2D eigenvalue weighted by Gasteiger charge is -2.05. The van der Waals surface area contributed by atoms with E-state index >= 15 is 0 Å². The van der Waals surface area contributed by atoms with Crippen molar-refractivity contribution >= 4 is 21.7 Å². The molecule has 2 aromatic rings. The van der Waals surface area contributed by atoms with E-state index in [2.05, 4.69) is 53.0 Å².